The molecule has 0 saturated carbocycles. The van der Waals surface area contributed by atoms with Gasteiger partial charge in [-0.05, 0) is 27.7 Å². The number of amides is 1. The van der Waals surface area contributed by atoms with Gasteiger partial charge in [-0.25, -0.2) is 9.59 Å². The number of esters is 2. The molecule has 3 N–H and O–H groups in total. The zero-order valence-electron chi connectivity index (χ0n) is 14.7. The molecule has 0 aliphatic rings. The van der Waals surface area contributed by atoms with Crippen LogP contribution in [0.25, 0.3) is 0 Å². The Hall–Kier alpha value is -2.17. The number of carbonyl (C=O) groups excluding carboxylic acids is 3. The van der Waals surface area contributed by atoms with E-state index in [0.717, 1.165) is 0 Å². The Bertz CT molecular complexity index is 591. The molecule has 0 aromatic carbocycles. The van der Waals surface area contributed by atoms with Crippen molar-refractivity contribution in [2.75, 3.05) is 19.4 Å². The van der Waals surface area contributed by atoms with Gasteiger partial charge in [0.25, 0.3) is 0 Å². The van der Waals surface area contributed by atoms with Crippen molar-refractivity contribution in [2.24, 2.45) is 5.41 Å². The molecule has 0 aromatic heterocycles. The van der Waals surface area contributed by atoms with Gasteiger partial charge in [-0.1, -0.05) is 0 Å². The fourth-order valence-corrected chi connectivity index (χ4v) is 1.99. The average molecular weight is 399 g/mol. The summed E-state index contributed by atoms with van der Waals surface area (Å²) in [6.45, 7) is 4.57. The molecule has 0 saturated heterocycles. The van der Waals surface area contributed by atoms with Crippen LogP contribution in [-0.2, 0) is 33.2 Å². The third kappa shape index (κ3) is 9.35. The minimum absolute atomic E-state index is 0.138. The molecule has 0 bridgehead atoms. The molecule has 1 unspecified atom stereocenters. The fourth-order valence-electron chi connectivity index (χ4n) is 1.33. The van der Waals surface area contributed by atoms with Crippen molar-refractivity contribution in [3.8, 4) is 0 Å². The summed E-state index contributed by atoms with van der Waals surface area (Å²) in [4.78, 5) is 64.4. The van der Waals surface area contributed by atoms with Gasteiger partial charge in [-0.15, -0.1) is 0 Å². The molecule has 0 rings (SSSR count). The summed E-state index contributed by atoms with van der Waals surface area (Å²) in [5.74, 6) is -3.76. The molecule has 26 heavy (non-hydrogen) atoms. The fraction of sp³-hybridized carbons (Fsp3) is 0.692. The normalized spacial score (nSPS) is 12.7. The number of carboxylic acids is 1. The Labute approximate surface area is 149 Å². The predicted molar refractivity (Wildman–Crippen MR) is 83.7 cm³/mol. The minimum atomic E-state index is -4.83. The first kappa shape index (κ1) is 23.8. The third-order valence-electron chi connectivity index (χ3n) is 2.45. The van der Waals surface area contributed by atoms with Gasteiger partial charge in [0.05, 0.1) is 12.0 Å². The largest absolute Gasteiger partial charge is 0.480 e. The van der Waals surface area contributed by atoms with Crippen molar-refractivity contribution < 1.29 is 52.8 Å². The Morgan fingerprint density at radius 2 is 1.65 bits per heavy atom. The van der Waals surface area contributed by atoms with E-state index in [4.69, 9.17) is 19.6 Å². The van der Waals surface area contributed by atoms with E-state index in [2.05, 4.69) is 9.47 Å². The molecular formula is C13H22NO11P. The molecule has 0 aliphatic carbocycles. The lowest BCUT2D eigenvalue weighted by molar-refractivity contribution is -0.197. The Morgan fingerprint density at radius 3 is 2.04 bits per heavy atom. The van der Waals surface area contributed by atoms with Gasteiger partial charge in [-0.3, -0.25) is 19.1 Å². The van der Waals surface area contributed by atoms with Crippen molar-refractivity contribution in [2.45, 2.75) is 34.0 Å². The number of hydrogen-bond acceptors (Lipinski definition) is 8. The zero-order valence-corrected chi connectivity index (χ0v) is 15.6. The maximum absolute atomic E-state index is 12.0. The number of aliphatic carboxylic acids is 1. The molecule has 0 radical (unpaired) electrons. The van der Waals surface area contributed by atoms with Gasteiger partial charge in [-0.2, -0.15) is 0 Å². The van der Waals surface area contributed by atoms with Crippen LogP contribution in [0.2, 0.25) is 0 Å². The van der Waals surface area contributed by atoms with Crippen LogP contribution in [0.15, 0.2) is 0 Å². The van der Waals surface area contributed by atoms with E-state index >= 15 is 0 Å². The number of carbonyl (C=O) groups is 4. The highest BCUT2D eigenvalue weighted by molar-refractivity contribution is 7.51. The number of carboxylic acid groups (broad SMARTS) is 1. The van der Waals surface area contributed by atoms with Crippen molar-refractivity contribution >= 4 is 31.6 Å². The van der Waals surface area contributed by atoms with Crippen molar-refractivity contribution in [1.29, 1.82) is 0 Å². The SMILES string of the molecule is CCOC(=O)C(OC(=O)N(CC(=O)O)CP(=O)(O)O)OC(=O)C(C)(C)C. The first-order valence-corrected chi connectivity index (χ1v) is 9.06. The van der Waals surface area contributed by atoms with Crippen LogP contribution in [0.1, 0.15) is 27.7 Å². The lowest BCUT2D eigenvalue weighted by atomic mass is 9.97. The standard InChI is InChI=1S/C13H22NO11P/c1-5-23-9(17)10(24-11(18)13(2,3)4)25-12(19)14(6-8(15)16)7-26(20,21)22/h10H,5-7H2,1-4H3,(H,15,16)(H2,20,21,22). The molecular weight excluding hydrogens is 377 g/mol. The van der Waals surface area contributed by atoms with Gasteiger partial charge in [0.2, 0.25) is 0 Å². The molecule has 150 valence electrons. The summed E-state index contributed by atoms with van der Waals surface area (Å²) in [6, 6.07) is 0. The van der Waals surface area contributed by atoms with Crippen LogP contribution in [0.4, 0.5) is 4.79 Å². The van der Waals surface area contributed by atoms with E-state index in [1.54, 1.807) is 0 Å². The molecule has 0 heterocycles. The summed E-state index contributed by atoms with van der Waals surface area (Å²) >= 11 is 0. The zero-order chi connectivity index (χ0) is 20.7. The Kier molecular flexibility index (Phi) is 8.71. The molecule has 0 aromatic rings. The quantitative estimate of drug-likeness (QED) is 0.287. The second-order valence-electron chi connectivity index (χ2n) is 6.02. The van der Waals surface area contributed by atoms with E-state index in [1.807, 2.05) is 0 Å². The lowest BCUT2D eigenvalue weighted by Crippen LogP contribution is -2.43. The lowest BCUT2D eigenvalue weighted by Gasteiger charge is -2.25. The number of nitrogens with zero attached hydrogens (tertiary/aromatic N) is 1. The maximum Gasteiger partial charge on any atom is 0.414 e. The van der Waals surface area contributed by atoms with Crippen LogP contribution in [0, 0.1) is 5.41 Å². The topological polar surface area (TPSA) is 177 Å². The molecule has 13 heteroatoms. The van der Waals surface area contributed by atoms with E-state index in [1.165, 1.54) is 27.7 Å². The average Bonchev–Trinajstić information content (AvgIpc) is 2.42. The molecule has 1 amide bonds. The third-order valence-corrected chi connectivity index (χ3v) is 3.16. The second kappa shape index (κ2) is 9.51. The van der Waals surface area contributed by atoms with Crippen LogP contribution >= 0.6 is 7.60 Å². The van der Waals surface area contributed by atoms with E-state index in [-0.39, 0.29) is 11.5 Å². The summed E-state index contributed by atoms with van der Waals surface area (Å²) in [5, 5.41) is 8.73. The van der Waals surface area contributed by atoms with Gasteiger partial charge < -0.3 is 29.1 Å². The first-order chi connectivity index (χ1) is 11.7. The Morgan fingerprint density at radius 1 is 1.12 bits per heavy atom. The summed E-state index contributed by atoms with van der Waals surface area (Å²) < 4.78 is 25.0. The minimum Gasteiger partial charge on any atom is -0.480 e. The van der Waals surface area contributed by atoms with Crippen LogP contribution in [0.5, 0.6) is 0 Å². The highest BCUT2D eigenvalue weighted by Gasteiger charge is 2.36. The molecule has 0 aliphatic heterocycles. The van der Waals surface area contributed by atoms with Crippen molar-refractivity contribution in [3.05, 3.63) is 0 Å². The highest BCUT2D eigenvalue weighted by Crippen LogP contribution is 2.35. The van der Waals surface area contributed by atoms with E-state index in [9.17, 15) is 23.7 Å². The smallest absolute Gasteiger partial charge is 0.414 e. The molecule has 0 spiro atoms. The number of hydrogen-bond donors (Lipinski definition) is 3. The van der Waals surface area contributed by atoms with Crippen LogP contribution in [-0.4, -0.2) is 69.5 Å². The van der Waals surface area contributed by atoms with Gasteiger partial charge in [0.15, 0.2) is 0 Å². The number of rotatable bonds is 8. The molecule has 1 atom stereocenters. The van der Waals surface area contributed by atoms with Gasteiger partial charge >= 0.3 is 37.9 Å². The monoisotopic (exact) mass is 399 g/mol. The molecule has 12 nitrogen and oxygen atoms in total. The van der Waals surface area contributed by atoms with Crippen LogP contribution < -0.4 is 0 Å². The number of ether oxygens (including phenoxy) is 3. The summed E-state index contributed by atoms with van der Waals surface area (Å²) in [5.41, 5.74) is -1.07. The Balaban J connectivity index is 5.39. The van der Waals surface area contributed by atoms with Crippen molar-refractivity contribution in [3.63, 3.8) is 0 Å². The molecule has 0 fully saturated rings. The van der Waals surface area contributed by atoms with E-state index < -0.39 is 56.1 Å². The van der Waals surface area contributed by atoms with Gasteiger partial charge in [0.1, 0.15) is 12.8 Å². The van der Waals surface area contributed by atoms with E-state index in [0.29, 0.717) is 0 Å². The van der Waals surface area contributed by atoms with Gasteiger partial charge in [0, 0.05) is 0 Å². The summed E-state index contributed by atoms with van der Waals surface area (Å²) in [7, 11) is -4.83. The summed E-state index contributed by atoms with van der Waals surface area (Å²) in [6.07, 6.45) is -5.03. The first-order valence-electron chi connectivity index (χ1n) is 7.27. The van der Waals surface area contributed by atoms with Crippen LogP contribution in [0.3, 0.4) is 0 Å². The predicted octanol–water partition coefficient (Wildman–Crippen LogP) is 0.123. The maximum atomic E-state index is 12.0. The highest BCUT2D eigenvalue weighted by atomic mass is 31.2. The van der Waals surface area contributed by atoms with Crippen molar-refractivity contribution in [1.82, 2.24) is 4.90 Å². The second-order valence-corrected chi connectivity index (χ2v) is 7.63.